The molecule has 3 rings (SSSR count). The highest BCUT2D eigenvalue weighted by Crippen LogP contribution is 2.22. The number of benzene rings is 2. The molecule has 6 nitrogen and oxygen atoms in total. The maximum Gasteiger partial charge on any atom is 0.221 e. The standard InChI is InChI=1S/C20H25N3O3S/c1-17(24)21-19-8-5-9-20(16-19)22-11-13-23(14-12-22)27(25,26)15-10-18-6-3-2-4-7-18/h2-9,16H,10-15H2,1H3,(H,21,24). The SMILES string of the molecule is CC(=O)Nc1cccc(N2CCN(S(=O)(=O)CCc3ccccc3)CC2)c1. The summed E-state index contributed by atoms with van der Waals surface area (Å²) in [6.45, 7) is 3.69. The molecule has 0 aromatic heterocycles. The van der Waals surface area contributed by atoms with Crippen LogP contribution in [0.2, 0.25) is 0 Å². The minimum Gasteiger partial charge on any atom is -0.369 e. The molecule has 0 bridgehead atoms. The Morgan fingerprint density at radius 1 is 1.00 bits per heavy atom. The normalized spacial score (nSPS) is 15.5. The van der Waals surface area contributed by atoms with Gasteiger partial charge in [-0.05, 0) is 30.2 Å². The van der Waals surface area contributed by atoms with Crippen LogP contribution in [0, 0.1) is 0 Å². The Kier molecular flexibility index (Phi) is 6.13. The summed E-state index contributed by atoms with van der Waals surface area (Å²) in [7, 11) is -3.26. The zero-order valence-corrected chi connectivity index (χ0v) is 16.3. The summed E-state index contributed by atoms with van der Waals surface area (Å²) in [5, 5.41) is 2.78. The van der Waals surface area contributed by atoms with Crippen LogP contribution in [-0.2, 0) is 21.2 Å². The Morgan fingerprint density at radius 3 is 2.37 bits per heavy atom. The molecule has 1 saturated heterocycles. The van der Waals surface area contributed by atoms with Crippen LogP contribution in [0.15, 0.2) is 54.6 Å². The van der Waals surface area contributed by atoms with Gasteiger partial charge < -0.3 is 10.2 Å². The molecule has 2 aromatic rings. The van der Waals surface area contributed by atoms with Crippen molar-refractivity contribution in [1.82, 2.24) is 4.31 Å². The van der Waals surface area contributed by atoms with Gasteiger partial charge in [-0.2, -0.15) is 4.31 Å². The number of sulfonamides is 1. The van der Waals surface area contributed by atoms with Crippen LogP contribution in [0.25, 0.3) is 0 Å². The zero-order chi connectivity index (χ0) is 19.3. The molecule has 1 aliphatic rings. The van der Waals surface area contributed by atoms with Gasteiger partial charge in [0.25, 0.3) is 0 Å². The summed E-state index contributed by atoms with van der Waals surface area (Å²) >= 11 is 0. The Balaban J connectivity index is 1.57. The first-order valence-corrected chi connectivity index (χ1v) is 10.7. The van der Waals surface area contributed by atoms with E-state index in [1.54, 1.807) is 4.31 Å². The van der Waals surface area contributed by atoms with E-state index in [9.17, 15) is 13.2 Å². The number of carbonyl (C=O) groups excluding carboxylic acids is 1. The summed E-state index contributed by atoms with van der Waals surface area (Å²) in [6, 6.07) is 17.3. The van der Waals surface area contributed by atoms with Crippen LogP contribution in [-0.4, -0.2) is 50.6 Å². The van der Waals surface area contributed by atoms with Crippen LogP contribution >= 0.6 is 0 Å². The van der Waals surface area contributed by atoms with Crippen molar-refractivity contribution < 1.29 is 13.2 Å². The maximum absolute atomic E-state index is 12.6. The first-order valence-electron chi connectivity index (χ1n) is 9.08. The van der Waals surface area contributed by atoms with Crippen molar-refractivity contribution in [3.8, 4) is 0 Å². The lowest BCUT2D eigenvalue weighted by Crippen LogP contribution is -2.49. The number of nitrogens with one attached hydrogen (secondary N) is 1. The van der Waals surface area contributed by atoms with Gasteiger partial charge >= 0.3 is 0 Å². The Labute approximate surface area is 160 Å². The summed E-state index contributed by atoms with van der Waals surface area (Å²) in [5.74, 6) is 0.0242. The fourth-order valence-corrected chi connectivity index (χ4v) is 4.70. The van der Waals surface area contributed by atoms with Crippen molar-refractivity contribution in [3.05, 3.63) is 60.2 Å². The van der Waals surface area contributed by atoms with Gasteiger partial charge in [0.1, 0.15) is 0 Å². The average molecular weight is 388 g/mol. The van der Waals surface area contributed by atoms with Crippen molar-refractivity contribution in [1.29, 1.82) is 0 Å². The van der Waals surface area contributed by atoms with Gasteiger partial charge in [0.2, 0.25) is 15.9 Å². The molecule has 2 aromatic carbocycles. The highest BCUT2D eigenvalue weighted by atomic mass is 32.2. The second kappa shape index (κ2) is 8.54. The van der Waals surface area contributed by atoms with E-state index in [1.165, 1.54) is 6.92 Å². The fraction of sp³-hybridized carbons (Fsp3) is 0.350. The summed E-state index contributed by atoms with van der Waals surface area (Å²) < 4.78 is 26.9. The van der Waals surface area contributed by atoms with E-state index in [2.05, 4.69) is 10.2 Å². The summed E-state index contributed by atoms with van der Waals surface area (Å²) in [4.78, 5) is 13.4. The predicted octanol–water partition coefficient (Wildman–Crippen LogP) is 2.34. The van der Waals surface area contributed by atoms with E-state index in [4.69, 9.17) is 0 Å². The molecule has 144 valence electrons. The van der Waals surface area contributed by atoms with Crippen molar-refractivity contribution in [2.45, 2.75) is 13.3 Å². The van der Waals surface area contributed by atoms with Gasteiger partial charge in [0.05, 0.1) is 5.75 Å². The fourth-order valence-electron chi connectivity index (χ4n) is 3.23. The second-order valence-corrected chi connectivity index (χ2v) is 8.76. The van der Waals surface area contributed by atoms with Crippen LogP contribution in [0.4, 0.5) is 11.4 Å². The first kappa shape index (κ1) is 19.4. The van der Waals surface area contributed by atoms with Crippen molar-refractivity contribution >= 4 is 27.3 Å². The Bertz CT molecular complexity index is 876. The molecule has 0 saturated carbocycles. The van der Waals surface area contributed by atoms with E-state index in [0.717, 1.165) is 16.9 Å². The van der Waals surface area contributed by atoms with Crippen molar-refractivity contribution in [2.24, 2.45) is 0 Å². The quantitative estimate of drug-likeness (QED) is 0.826. The van der Waals surface area contributed by atoms with E-state index >= 15 is 0 Å². The number of hydrogen-bond donors (Lipinski definition) is 1. The minimum atomic E-state index is -3.26. The molecule has 1 aliphatic heterocycles. The smallest absolute Gasteiger partial charge is 0.221 e. The molecule has 0 aliphatic carbocycles. The lowest BCUT2D eigenvalue weighted by Gasteiger charge is -2.35. The van der Waals surface area contributed by atoms with Gasteiger partial charge in [-0.3, -0.25) is 4.79 Å². The van der Waals surface area contributed by atoms with E-state index in [-0.39, 0.29) is 11.7 Å². The molecule has 27 heavy (non-hydrogen) atoms. The Hall–Kier alpha value is -2.38. The third-order valence-corrected chi connectivity index (χ3v) is 6.53. The van der Waals surface area contributed by atoms with Gasteiger partial charge in [0, 0.05) is 44.5 Å². The molecule has 1 amide bonds. The number of aryl methyl sites for hydroxylation is 1. The number of piperazine rings is 1. The third kappa shape index (κ3) is 5.30. The summed E-state index contributed by atoms with van der Waals surface area (Å²) in [6.07, 6.45) is 0.530. The maximum atomic E-state index is 12.6. The minimum absolute atomic E-state index is 0.110. The van der Waals surface area contributed by atoms with Gasteiger partial charge in [-0.15, -0.1) is 0 Å². The van der Waals surface area contributed by atoms with Gasteiger partial charge in [-0.1, -0.05) is 36.4 Å². The number of anilines is 2. The molecule has 7 heteroatoms. The van der Waals surface area contributed by atoms with E-state index < -0.39 is 10.0 Å². The second-order valence-electron chi connectivity index (χ2n) is 6.67. The highest BCUT2D eigenvalue weighted by Gasteiger charge is 2.26. The van der Waals surface area contributed by atoms with Crippen molar-refractivity contribution in [3.63, 3.8) is 0 Å². The largest absolute Gasteiger partial charge is 0.369 e. The highest BCUT2D eigenvalue weighted by molar-refractivity contribution is 7.89. The molecule has 1 heterocycles. The first-order chi connectivity index (χ1) is 12.9. The topological polar surface area (TPSA) is 69.7 Å². The monoisotopic (exact) mass is 387 g/mol. The van der Waals surface area contributed by atoms with Crippen LogP contribution < -0.4 is 10.2 Å². The van der Waals surface area contributed by atoms with Crippen LogP contribution in [0.1, 0.15) is 12.5 Å². The predicted molar refractivity (Wildman–Crippen MR) is 108 cm³/mol. The molecule has 0 atom stereocenters. The molecule has 0 spiro atoms. The van der Waals surface area contributed by atoms with E-state index in [1.807, 2.05) is 54.6 Å². The number of hydrogen-bond acceptors (Lipinski definition) is 4. The average Bonchev–Trinajstić information content (AvgIpc) is 2.67. The third-order valence-electron chi connectivity index (χ3n) is 4.66. The number of rotatable bonds is 6. The molecule has 1 N–H and O–H groups in total. The number of nitrogens with zero attached hydrogens (tertiary/aromatic N) is 2. The Morgan fingerprint density at radius 2 is 1.70 bits per heavy atom. The summed E-state index contributed by atoms with van der Waals surface area (Å²) in [5.41, 5.74) is 2.77. The van der Waals surface area contributed by atoms with Crippen molar-refractivity contribution in [2.75, 3.05) is 42.1 Å². The van der Waals surface area contributed by atoms with Gasteiger partial charge in [-0.25, -0.2) is 8.42 Å². The number of carbonyl (C=O) groups is 1. The van der Waals surface area contributed by atoms with Crippen LogP contribution in [0.3, 0.4) is 0 Å². The van der Waals surface area contributed by atoms with E-state index in [0.29, 0.717) is 32.6 Å². The number of amides is 1. The molecule has 1 fully saturated rings. The molecular weight excluding hydrogens is 362 g/mol. The zero-order valence-electron chi connectivity index (χ0n) is 15.5. The lowest BCUT2D eigenvalue weighted by atomic mass is 10.2. The van der Waals surface area contributed by atoms with Gasteiger partial charge in [0.15, 0.2) is 0 Å². The molecule has 0 unspecified atom stereocenters. The molecule has 0 radical (unpaired) electrons. The lowest BCUT2D eigenvalue weighted by molar-refractivity contribution is -0.114. The molecular formula is C20H25N3O3S. The van der Waals surface area contributed by atoms with Crippen LogP contribution in [0.5, 0.6) is 0 Å².